The molecule has 0 unspecified atom stereocenters. The summed E-state index contributed by atoms with van der Waals surface area (Å²) in [5.74, 6) is -0.312. The van der Waals surface area contributed by atoms with E-state index in [0.29, 0.717) is 26.6 Å². The maximum atomic E-state index is 13.3. The van der Waals surface area contributed by atoms with E-state index < -0.39 is 6.43 Å². The van der Waals surface area contributed by atoms with Gasteiger partial charge in [0.15, 0.2) is 0 Å². The lowest BCUT2D eigenvalue weighted by Gasteiger charge is -2.12. The van der Waals surface area contributed by atoms with Crippen molar-refractivity contribution in [1.29, 1.82) is 0 Å². The number of carbonyl (C=O) groups is 1. The maximum absolute atomic E-state index is 13.3. The van der Waals surface area contributed by atoms with E-state index in [0.717, 1.165) is 11.9 Å². The summed E-state index contributed by atoms with van der Waals surface area (Å²) in [6.45, 7) is 0. The number of pyridine rings is 1. The third kappa shape index (κ3) is 3.95. The molecule has 0 saturated heterocycles. The molecule has 0 aliphatic carbocycles. The van der Waals surface area contributed by atoms with E-state index in [9.17, 15) is 13.6 Å². The second-order valence-electron chi connectivity index (χ2n) is 5.50. The fraction of sp³-hybridized carbons (Fsp3) is 0.111. The van der Waals surface area contributed by atoms with Gasteiger partial charge in [0.05, 0.1) is 6.42 Å². The van der Waals surface area contributed by atoms with E-state index in [4.69, 9.17) is 16.7 Å². The fourth-order valence-corrected chi connectivity index (χ4v) is 3.34. The van der Waals surface area contributed by atoms with Crippen molar-refractivity contribution in [3.63, 3.8) is 0 Å². The zero-order valence-corrected chi connectivity index (χ0v) is 15.0. The molecule has 0 spiro atoms. The molecule has 0 aliphatic rings. The second kappa shape index (κ2) is 7.99. The van der Waals surface area contributed by atoms with Crippen molar-refractivity contribution in [2.45, 2.75) is 17.7 Å². The first-order chi connectivity index (χ1) is 12.5. The van der Waals surface area contributed by atoms with E-state index in [1.54, 1.807) is 36.4 Å². The van der Waals surface area contributed by atoms with Gasteiger partial charge in [0, 0.05) is 32.6 Å². The zero-order chi connectivity index (χ0) is 18.7. The van der Waals surface area contributed by atoms with E-state index in [2.05, 4.69) is 10.3 Å². The van der Waals surface area contributed by atoms with Crippen molar-refractivity contribution in [2.24, 2.45) is 5.14 Å². The van der Waals surface area contributed by atoms with Gasteiger partial charge in [-0.2, -0.15) is 0 Å². The van der Waals surface area contributed by atoms with Gasteiger partial charge in [-0.05, 0) is 41.8 Å². The predicted molar refractivity (Wildman–Crippen MR) is 101 cm³/mol. The summed E-state index contributed by atoms with van der Waals surface area (Å²) in [6.07, 6.45) is -1.35. The smallest absolute Gasteiger partial charge is 0.280 e. The number of rotatable bonds is 5. The lowest BCUT2D eigenvalue weighted by Crippen LogP contribution is -2.14. The first kappa shape index (κ1) is 18.6. The van der Waals surface area contributed by atoms with Gasteiger partial charge in [0.2, 0.25) is 5.91 Å². The maximum Gasteiger partial charge on any atom is 0.280 e. The third-order valence-corrected chi connectivity index (χ3v) is 4.76. The average molecular weight is 394 g/mol. The van der Waals surface area contributed by atoms with E-state index in [1.165, 1.54) is 12.3 Å². The van der Waals surface area contributed by atoms with Crippen LogP contribution in [-0.2, 0) is 11.2 Å². The minimum absolute atomic E-state index is 0.0670. The first-order valence-corrected chi connectivity index (χ1v) is 8.86. The van der Waals surface area contributed by atoms with Gasteiger partial charge < -0.3 is 5.32 Å². The molecule has 8 heteroatoms. The number of aromatic nitrogens is 1. The number of amides is 1. The molecule has 2 aromatic carbocycles. The van der Waals surface area contributed by atoms with Gasteiger partial charge in [0.1, 0.15) is 5.69 Å². The predicted octanol–water partition coefficient (Wildman–Crippen LogP) is 4.97. The molecule has 0 saturated carbocycles. The summed E-state index contributed by atoms with van der Waals surface area (Å²) in [4.78, 5) is 16.6. The largest absolute Gasteiger partial charge is 0.326 e. The number of anilines is 1. The Morgan fingerprint density at radius 1 is 1.23 bits per heavy atom. The van der Waals surface area contributed by atoms with Crippen LogP contribution in [0.3, 0.4) is 0 Å². The Morgan fingerprint density at radius 3 is 2.69 bits per heavy atom. The highest BCUT2D eigenvalue weighted by atomic mass is 35.5. The number of nitrogens with one attached hydrogen (secondary N) is 1. The van der Waals surface area contributed by atoms with Crippen molar-refractivity contribution >= 4 is 45.9 Å². The number of nitrogens with two attached hydrogens (primary N) is 1. The molecule has 0 radical (unpaired) electrons. The number of carbonyl (C=O) groups excluding carboxylic acids is 1. The first-order valence-electron chi connectivity index (χ1n) is 7.60. The van der Waals surface area contributed by atoms with Gasteiger partial charge in [-0.25, -0.2) is 8.78 Å². The van der Waals surface area contributed by atoms with E-state index in [-0.39, 0.29) is 23.4 Å². The highest BCUT2D eigenvalue weighted by Gasteiger charge is 2.16. The topological polar surface area (TPSA) is 68.0 Å². The van der Waals surface area contributed by atoms with Crippen LogP contribution in [0.1, 0.15) is 17.7 Å². The molecule has 0 bridgehead atoms. The summed E-state index contributed by atoms with van der Waals surface area (Å²) in [5.41, 5.74) is 0.702. The minimum Gasteiger partial charge on any atom is -0.326 e. The summed E-state index contributed by atoms with van der Waals surface area (Å²) < 4.78 is 26.5. The van der Waals surface area contributed by atoms with Crippen molar-refractivity contribution in [3.05, 3.63) is 64.9 Å². The molecule has 0 fully saturated rings. The van der Waals surface area contributed by atoms with Crippen LogP contribution in [0.15, 0.2) is 53.6 Å². The quantitative estimate of drug-likeness (QED) is 0.600. The molecule has 1 heterocycles. The Hall–Kier alpha value is -2.22. The monoisotopic (exact) mass is 393 g/mol. The number of fused-ring (bicyclic) bond motifs is 1. The van der Waals surface area contributed by atoms with Crippen LogP contribution in [0.2, 0.25) is 5.02 Å². The molecule has 3 rings (SSSR count). The molecule has 1 amide bonds. The molecule has 3 aromatic rings. The van der Waals surface area contributed by atoms with Crippen LogP contribution in [0, 0.1) is 0 Å². The van der Waals surface area contributed by atoms with Gasteiger partial charge in [-0.1, -0.05) is 29.8 Å². The van der Waals surface area contributed by atoms with Gasteiger partial charge in [-0.15, -0.1) is 0 Å². The lowest BCUT2D eigenvalue weighted by molar-refractivity contribution is -0.115. The van der Waals surface area contributed by atoms with Crippen molar-refractivity contribution in [3.8, 4) is 0 Å². The van der Waals surface area contributed by atoms with Crippen LogP contribution < -0.4 is 10.5 Å². The van der Waals surface area contributed by atoms with E-state index >= 15 is 0 Å². The van der Waals surface area contributed by atoms with E-state index in [1.807, 2.05) is 0 Å². The molecule has 0 aliphatic heterocycles. The zero-order valence-electron chi connectivity index (χ0n) is 13.4. The third-order valence-electron chi connectivity index (χ3n) is 3.80. The Bertz CT molecular complexity index is 968. The molecule has 1 aromatic heterocycles. The highest BCUT2D eigenvalue weighted by Crippen LogP contribution is 2.33. The molecular weight excluding hydrogens is 380 g/mol. The van der Waals surface area contributed by atoms with Crippen LogP contribution in [-0.4, -0.2) is 10.9 Å². The number of benzene rings is 2. The average Bonchev–Trinajstić information content (AvgIpc) is 2.62. The molecule has 134 valence electrons. The number of halogens is 3. The molecule has 0 atom stereocenters. The van der Waals surface area contributed by atoms with Crippen molar-refractivity contribution in [2.75, 3.05) is 5.32 Å². The molecule has 4 nitrogen and oxygen atoms in total. The highest BCUT2D eigenvalue weighted by molar-refractivity contribution is 7.97. The Balaban J connectivity index is 1.93. The number of hydrogen-bond donors (Lipinski definition) is 2. The molecule has 3 N–H and O–H groups in total. The van der Waals surface area contributed by atoms with Crippen molar-refractivity contribution < 1.29 is 13.6 Å². The molecular formula is C18H14ClF2N3OS. The van der Waals surface area contributed by atoms with Gasteiger partial charge in [-0.3, -0.25) is 14.9 Å². The number of hydrogen-bond acceptors (Lipinski definition) is 4. The van der Waals surface area contributed by atoms with Crippen LogP contribution in [0.4, 0.5) is 14.5 Å². The number of alkyl halides is 2. The van der Waals surface area contributed by atoms with Crippen LogP contribution >= 0.6 is 23.5 Å². The normalized spacial score (nSPS) is 11.1. The van der Waals surface area contributed by atoms with Crippen LogP contribution in [0.25, 0.3) is 10.8 Å². The SMILES string of the molecule is NSc1cc(NC(=O)Cc2ccccc2Cl)cc2c(C(F)F)nccc12. The number of nitrogens with zero attached hydrogens (tertiary/aromatic N) is 1. The van der Waals surface area contributed by atoms with Gasteiger partial charge >= 0.3 is 0 Å². The summed E-state index contributed by atoms with van der Waals surface area (Å²) >= 11 is 6.98. The Labute approximate surface area is 157 Å². The fourth-order valence-electron chi connectivity index (χ4n) is 2.64. The minimum atomic E-state index is -2.73. The summed E-state index contributed by atoms with van der Waals surface area (Å²) in [7, 11) is 0. The van der Waals surface area contributed by atoms with Crippen molar-refractivity contribution in [1.82, 2.24) is 4.98 Å². The second-order valence-corrected chi connectivity index (χ2v) is 6.58. The summed E-state index contributed by atoms with van der Waals surface area (Å²) in [5, 5.41) is 9.68. The lowest BCUT2D eigenvalue weighted by atomic mass is 10.1. The Morgan fingerprint density at radius 2 is 2.00 bits per heavy atom. The summed E-state index contributed by atoms with van der Waals surface area (Å²) in [6, 6.07) is 11.8. The van der Waals surface area contributed by atoms with Crippen LogP contribution in [0.5, 0.6) is 0 Å². The standard InChI is InChI=1S/C18H14ClF2N3OS/c19-14-4-2-1-3-10(14)7-16(25)24-11-8-13-12(15(9-11)26-22)5-6-23-17(13)18(20)21/h1-6,8-9,18H,7,22H2,(H,24,25). The van der Waals surface area contributed by atoms with Gasteiger partial charge in [0.25, 0.3) is 6.43 Å². The Kier molecular flexibility index (Phi) is 5.70. The molecule has 26 heavy (non-hydrogen) atoms.